The second-order valence-corrected chi connectivity index (χ2v) is 17.4. The van der Waals surface area contributed by atoms with Gasteiger partial charge in [-0.2, -0.15) is 0 Å². The molecule has 4 heterocycles. The molecule has 7 aromatic rings. The third-order valence-electron chi connectivity index (χ3n) is 13.6. The highest BCUT2D eigenvalue weighted by Crippen LogP contribution is 2.43. The minimum absolute atomic E-state index is 0.124. The van der Waals surface area contributed by atoms with E-state index in [4.69, 9.17) is 4.98 Å². The number of fused-ring (bicyclic) bond motifs is 3. The van der Waals surface area contributed by atoms with Gasteiger partial charge in [0, 0.05) is 18.4 Å². The molecule has 0 radical (unpaired) electrons. The maximum absolute atomic E-state index is 15.2. The van der Waals surface area contributed by atoms with Crippen LogP contribution in [0.25, 0.3) is 44.2 Å². The van der Waals surface area contributed by atoms with Crippen molar-refractivity contribution in [3.8, 4) is 22.4 Å². The molecule has 0 unspecified atom stereocenters. The molecule has 0 bridgehead atoms. The zero-order valence-electron chi connectivity index (χ0n) is 37.7. The predicted molar refractivity (Wildman–Crippen MR) is 253 cm³/mol. The monoisotopic (exact) mass is 876 g/mol. The van der Waals surface area contributed by atoms with Crippen LogP contribution in [0.1, 0.15) is 100 Å². The van der Waals surface area contributed by atoms with Crippen molar-refractivity contribution < 1.29 is 18.4 Å². The predicted octanol–water partition coefficient (Wildman–Crippen LogP) is 10.9. The van der Waals surface area contributed by atoms with E-state index in [9.17, 15) is 9.59 Å². The summed E-state index contributed by atoms with van der Waals surface area (Å²) in [5.74, 6) is -2.09. The highest BCUT2D eigenvalue weighted by molar-refractivity contribution is 6.05. The zero-order chi connectivity index (χ0) is 45.2. The summed E-state index contributed by atoms with van der Waals surface area (Å²) in [7, 11) is 0. The molecular formula is C53H58F2N8O2. The molecular weight excluding hydrogens is 819 g/mol. The number of likely N-dealkylation sites (tertiary alicyclic amines) is 2. The van der Waals surface area contributed by atoms with Gasteiger partial charge in [-0.25, -0.2) is 18.7 Å². The lowest BCUT2D eigenvalue weighted by atomic mass is 9.97. The van der Waals surface area contributed by atoms with E-state index in [0.717, 1.165) is 87.8 Å². The molecule has 2 aliphatic heterocycles. The number of alkyl halides is 2. The lowest BCUT2D eigenvalue weighted by Gasteiger charge is -2.39. The van der Waals surface area contributed by atoms with Crippen LogP contribution in [0.15, 0.2) is 121 Å². The molecule has 5 aromatic carbocycles. The Balaban J connectivity index is 0.943. The van der Waals surface area contributed by atoms with Gasteiger partial charge in [0.2, 0.25) is 11.8 Å². The summed E-state index contributed by atoms with van der Waals surface area (Å²) in [6.45, 7) is 11.0. The molecule has 12 heteroatoms. The number of benzene rings is 5. The van der Waals surface area contributed by atoms with E-state index in [1.54, 1.807) is 6.20 Å². The van der Waals surface area contributed by atoms with E-state index in [1.165, 1.54) is 4.90 Å². The van der Waals surface area contributed by atoms with Crippen molar-refractivity contribution in [1.29, 1.82) is 0 Å². The molecule has 65 heavy (non-hydrogen) atoms. The number of aromatic amines is 2. The van der Waals surface area contributed by atoms with Crippen molar-refractivity contribution in [3.05, 3.63) is 144 Å². The zero-order valence-corrected chi connectivity index (χ0v) is 37.7. The van der Waals surface area contributed by atoms with Gasteiger partial charge in [0.15, 0.2) is 0 Å². The largest absolute Gasteiger partial charge is 0.340 e. The van der Waals surface area contributed by atoms with Gasteiger partial charge < -0.3 is 19.8 Å². The van der Waals surface area contributed by atoms with Crippen LogP contribution in [0, 0.1) is 0 Å². The summed E-state index contributed by atoms with van der Waals surface area (Å²) in [6.07, 6.45) is 4.02. The number of carbonyl (C=O) groups is 2. The Hall–Kier alpha value is -6.24. The molecule has 336 valence electrons. The van der Waals surface area contributed by atoms with Gasteiger partial charge in [-0.3, -0.25) is 19.4 Å². The number of piperidine rings is 1. The normalized spacial score (nSPS) is 18.5. The number of carbonyl (C=O) groups excluding carboxylic acids is 2. The molecule has 0 spiro atoms. The standard InChI is InChI=1S/C53H58F2N8O2/c1-5-60(6-2)47(37-17-11-9-12-18-37)51(64)62-30-16-15-21-44(62)50-57-42-29-27-40-31-39(26-28-41(40)46(42)59-50)35-22-24-36(25-23-35)43-33-56-49(58-43)45-32-53(54,55)34-63(45)52(65)48(61(7-3)8-4)38-19-13-10-14-20-38/h9-14,17-20,22-29,31,33,44-45,47-48H,5-8,15-16,21,30,32,34H2,1-4H3,(H,56,58)(H,57,59)/t44-,45-,47+,48+/m0/s1. The SMILES string of the molecule is CCN(CC)[C@@H](C(=O)N1CC(F)(F)C[C@H]1c1ncc(-c2ccc(-c3ccc4c(ccc5[nH]c([C@@H]6CCCCN6C(=O)[C@@H](c6ccccc6)N(CC)CC)nc54)c3)cc2)[nH]1)c1ccccc1. The van der Waals surface area contributed by atoms with Crippen molar-refractivity contribution in [2.24, 2.45) is 0 Å². The molecule has 2 amide bonds. The van der Waals surface area contributed by atoms with Crippen LogP contribution >= 0.6 is 0 Å². The fraction of sp³-hybridized carbons (Fsp3) is 0.358. The molecule has 0 saturated carbocycles. The topological polar surface area (TPSA) is 104 Å². The number of amides is 2. The lowest BCUT2D eigenvalue weighted by Crippen LogP contribution is -2.46. The molecule has 10 nitrogen and oxygen atoms in total. The summed E-state index contributed by atoms with van der Waals surface area (Å²) in [4.78, 5) is 53.2. The van der Waals surface area contributed by atoms with Crippen molar-refractivity contribution in [2.75, 3.05) is 39.3 Å². The van der Waals surface area contributed by atoms with Gasteiger partial charge in [-0.15, -0.1) is 0 Å². The van der Waals surface area contributed by atoms with Crippen LogP contribution in [0.3, 0.4) is 0 Å². The first-order valence-corrected chi connectivity index (χ1v) is 23.3. The Morgan fingerprint density at radius 3 is 1.92 bits per heavy atom. The van der Waals surface area contributed by atoms with Crippen LogP contribution in [0.5, 0.6) is 0 Å². The Labute approximate surface area is 379 Å². The molecule has 9 rings (SSSR count). The molecule has 2 N–H and O–H groups in total. The van der Waals surface area contributed by atoms with Crippen molar-refractivity contribution in [2.45, 2.75) is 83.5 Å². The van der Waals surface area contributed by atoms with Crippen LogP contribution in [-0.4, -0.2) is 96.5 Å². The first kappa shape index (κ1) is 44.0. The number of hydrogen-bond acceptors (Lipinski definition) is 6. The van der Waals surface area contributed by atoms with E-state index in [1.807, 2.05) is 91.5 Å². The molecule has 0 aliphatic carbocycles. The van der Waals surface area contributed by atoms with E-state index in [-0.39, 0.29) is 23.9 Å². The first-order valence-electron chi connectivity index (χ1n) is 23.3. The summed E-state index contributed by atoms with van der Waals surface area (Å²) in [5, 5.41) is 2.09. The smallest absolute Gasteiger partial charge is 0.267 e. The molecule has 4 atom stereocenters. The highest BCUT2D eigenvalue weighted by atomic mass is 19.3. The minimum Gasteiger partial charge on any atom is -0.340 e. The number of rotatable bonds is 14. The van der Waals surface area contributed by atoms with E-state index < -0.39 is 31.0 Å². The molecule has 2 aromatic heterocycles. The number of hydrogen-bond donors (Lipinski definition) is 2. The van der Waals surface area contributed by atoms with E-state index in [0.29, 0.717) is 31.2 Å². The summed E-state index contributed by atoms with van der Waals surface area (Å²) < 4.78 is 30.4. The van der Waals surface area contributed by atoms with Gasteiger partial charge in [0.25, 0.3) is 5.92 Å². The Bertz CT molecular complexity index is 2750. The number of nitrogens with one attached hydrogen (secondary N) is 2. The summed E-state index contributed by atoms with van der Waals surface area (Å²) in [6, 6.07) is 36.1. The fourth-order valence-corrected chi connectivity index (χ4v) is 10.2. The first-order chi connectivity index (χ1) is 31.6. The van der Waals surface area contributed by atoms with Gasteiger partial charge >= 0.3 is 0 Å². The second kappa shape index (κ2) is 18.7. The van der Waals surface area contributed by atoms with Crippen molar-refractivity contribution >= 4 is 33.6 Å². The van der Waals surface area contributed by atoms with Gasteiger partial charge in [-0.05, 0) is 90.8 Å². The van der Waals surface area contributed by atoms with Crippen molar-refractivity contribution in [1.82, 2.24) is 39.5 Å². The van der Waals surface area contributed by atoms with Crippen LogP contribution in [0.4, 0.5) is 8.78 Å². The van der Waals surface area contributed by atoms with Crippen LogP contribution in [0.2, 0.25) is 0 Å². The maximum Gasteiger partial charge on any atom is 0.267 e. The quantitative estimate of drug-likeness (QED) is 0.113. The number of imidazole rings is 2. The average Bonchev–Trinajstić information content (AvgIpc) is 4.10. The van der Waals surface area contributed by atoms with Crippen LogP contribution in [-0.2, 0) is 9.59 Å². The lowest BCUT2D eigenvalue weighted by molar-refractivity contribution is -0.141. The number of halogens is 2. The fourth-order valence-electron chi connectivity index (χ4n) is 10.2. The van der Waals surface area contributed by atoms with E-state index >= 15 is 8.78 Å². The van der Waals surface area contributed by atoms with E-state index in [2.05, 4.69) is 81.1 Å². The van der Waals surface area contributed by atoms with Gasteiger partial charge in [0.1, 0.15) is 23.7 Å². The molecule has 2 aliphatic rings. The molecule has 2 fully saturated rings. The molecule has 2 saturated heterocycles. The average molecular weight is 877 g/mol. The van der Waals surface area contributed by atoms with Crippen LogP contribution < -0.4 is 0 Å². The highest BCUT2D eigenvalue weighted by Gasteiger charge is 2.50. The van der Waals surface area contributed by atoms with Crippen molar-refractivity contribution in [3.63, 3.8) is 0 Å². The Morgan fingerprint density at radius 1 is 0.692 bits per heavy atom. The Kier molecular flexibility index (Phi) is 12.7. The number of nitrogens with zero attached hydrogens (tertiary/aromatic N) is 6. The number of H-pyrrole nitrogens is 2. The third kappa shape index (κ3) is 8.69. The Morgan fingerprint density at radius 2 is 1.29 bits per heavy atom. The van der Waals surface area contributed by atoms with Gasteiger partial charge in [0.05, 0.1) is 41.6 Å². The maximum atomic E-state index is 15.2. The number of aromatic nitrogens is 4. The summed E-state index contributed by atoms with van der Waals surface area (Å²) >= 11 is 0. The van der Waals surface area contributed by atoms with Gasteiger partial charge in [-0.1, -0.05) is 131 Å². The third-order valence-corrected chi connectivity index (χ3v) is 13.6. The minimum atomic E-state index is -3.04. The second-order valence-electron chi connectivity index (χ2n) is 17.4. The number of likely N-dealkylation sites (N-methyl/N-ethyl adjacent to an activating group) is 2. The summed E-state index contributed by atoms with van der Waals surface area (Å²) in [5.41, 5.74) is 7.24.